The molecule has 4 nitrogen and oxygen atoms in total. The van der Waals surface area contributed by atoms with Gasteiger partial charge in [-0.2, -0.15) is 4.98 Å². The molecule has 0 radical (unpaired) electrons. The van der Waals surface area contributed by atoms with Gasteiger partial charge < -0.3 is 9.72 Å². The minimum Gasteiger partial charge on any atom is -0.478 e. The molecule has 21 heavy (non-hydrogen) atoms. The summed E-state index contributed by atoms with van der Waals surface area (Å²) in [5.41, 5.74) is 1.13. The molecule has 108 valence electrons. The van der Waals surface area contributed by atoms with Crippen LogP contribution in [0.1, 0.15) is 12.5 Å². The zero-order valence-corrected chi connectivity index (χ0v) is 11.6. The molecule has 0 aliphatic carbocycles. The topological polar surface area (TPSA) is 50.8 Å². The number of hydrogen-bond acceptors (Lipinski definition) is 3. The standard InChI is InChI=1S/C15H13F2N3O/c1-3-21-11-7-6-10-14(19-11)20-15(18-10)12-9(16)5-4-8(2)13(12)17/h4-7H,3H2,1-2H3,(H,18,19,20). The molecule has 0 amide bonds. The molecular formula is C15H13F2N3O. The quantitative estimate of drug-likeness (QED) is 0.801. The minimum atomic E-state index is -0.665. The maximum atomic E-state index is 14.1. The van der Waals surface area contributed by atoms with Crippen molar-refractivity contribution in [2.45, 2.75) is 13.8 Å². The van der Waals surface area contributed by atoms with E-state index in [4.69, 9.17) is 4.74 Å². The third-order valence-electron chi connectivity index (χ3n) is 3.13. The molecule has 0 aliphatic rings. The van der Waals surface area contributed by atoms with Crippen LogP contribution in [0, 0.1) is 18.6 Å². The lowest BCUT2D eigenvalue weighted by Crippen LogP contribution is -1.95. The van der Waals surface area contributed by atoms with E-state index in [1.165, 1.54) is 12.1 Å². The predicted octanol–water partition coefficient (Wildman–Crippen LogP) is 3.61. The number of rotatable bonds is 3. The van der Waals surface area contributed by atoms with Crippen molar-refractivity contribution in [3.8, 4) is 17.3 Å². The van der Waals surface area contributed by atoms with Crippen LogP contribution in [0.5, 0.6) is 5.88 Å². The fourth-order valence-corrected chi connectivity index (χ4v) is 2.10. The van der Waals surface area contributed by atoms with Gasteiger partial charge in [-0.3, -0.25) is 0 Å². The number of aromatic nitrogens is 3. The van der Waals surface area contributed by atoms with Crippen LogP contribution in [0.15, 0.2) is 24.3 Å². The van der Waals surface area contributed by atoms with E-state index >= 15 is 0 Å². The van der Waals surface area contributed by atoms with Crippen LogP contribution in [0.4, 0.5) is 8.78 Å². The number of ether oxygens (including phenoxy) is 1. The molecular weight excluding hydrogens is 276 g/mol. The number of H-pyrrole nitrogens is 1. The van der Waals surface area contributed by atoms with Crippen LogP contribution in [-0.4, -0.2) is 21.6 Å². The second-order valence-corrected chi connectivity index (χ2v) is 4.59. The van der Waals surface area contributed by atoms with Gasteiger partial charge in [0.05, 0.1) is 17.7 Å². The molecule has 0 saturated heterocycles. The number of fused-ring (bicyclic) bond motifs is 1. The number of imidazole rings is 1. The number of benzene rings is 1. The number of hydrogen-bond donors (Lipinski definition) is 1. The molecule has 2 heterocycles. The Kier molecular flexibility index (Phi) is 3.29. The van der Waals surface area contributed by atoms with Crippen molar-refractivity contribution in [3.05, 3.63) is 41.5 Å². The monoisotopic (exact) mass is 289 g/mol. The third-order valence-corrected chi connectivity index (χ3v) is 3.13. The molecule has 0 atom stereocenters. The van der Waals surface area contributed by atoms with Gasteiger partial charge in [-0.1, -0.05) is 6.07 Å². The largest absolute Gasteiger partial charge is 0.478 e. The Morgan fingerprint density at radius 1 is 1.14 bits per heavy atom. The fraction of sp³-hybridized carbons (Fsp3) is 0.200. The second kappa shape index (κ2) is 5.12. The summed E-state index contributed by atoms with van der Waals surface area (Å²) in [6.07, 6.45) is 0. The predicted molar refractivity (Wildman–Crippen MR) is 75.1 cm³/mol. The number of nitrogens with one attached hydrogen (secondary N) is 1. The lowest BCUT2D eigenvalue weighted by molar-refractivity contribution is 0.328. The van der Waals surface area contributed by atoms with Gasteiger partial charge in [-0.15, -0.1) is 0 Å². The maximum absolute atomic E-state index is 14.1. The second-order valence-electron chi connectivity index (χ2n) is 4.59. The Morgan fingerprint density at radius 2 is 1.95 bits per heavy atom. The molecule has 0 bridgehead atoms. The van der Waals surface area contributed by atoms with Gasteiger partial charge in [0.2, 0.25) is 5.88 Å². The Bertz CT molecular complexity index is 814. The van der Waals surface area contributed by atoms with Crippen LogP contribution in [-0.2, 0) is 0 Å². The Hall–Kier alpha value is -2.50. The van der Waals surface area contributed by atoms with Crippen LogP contribution in [0.25, 0.3) is 22.6 Å². The minimum absolute atomic E-state index is 0.116. The van der Waals surface area contributed by atoms with E-state index < -0.39 is 11.6 Å². The number of halogens is 2. The van der Waals surface area contributed by atoms with Crippen LogP contribution >= 0.6 is 0 Å². The van der Waals surface area contributed by atoms with Gasteiger partial charge in [-0.25, -0.2) is 13.8 Å². The molecule has 1 N–H and O–H groups in total. The average Bonchev–Trinajstić information content (AvgIpc) is 2.86. The SMILES string of the molecule is CCOc1ccc2[nH]c(-c3c(F)ccc(C)c3F)nc2n1. The normalized spacial score (nSPS) is 11.0. The molecule has 3 rings (SSSR count). The molecule has 2 aromatic heterocycles. The summed E-state index contributed by atoms with van der Waals surface area (Å²) in [5, 5.41) is 0. The molecule has 0 saturated carbocycles. The molecule has 6 heteroatoms. The lowest BCUT2D eigenvalue weighted by Gasteiger charge is -2.03. The molecule has 0 unspecified atom stereocenters. The highest BCUT2D eigenvalue weighted by molar-refractivity contribution is 5.76. The van der Waals surface area contributed by atoms with Gasteiger partial charge in [-0.05, 0) is 31.5 Å². The van der Waals surface area contributed by atoms with Crippen LogP contribution in [0.2, 0.25) is 0 Å². The average molecular weight is 289 g/mol. The Morgan fingerprint density at radius 3 is 2.71 bits per heavy atom. The van der Waals surface area contributed by atoms with E-state index in [-0.39, 0.29) is 11.4 Å². The van der Waals surface area contributed by atoms with E-state index in [1.807, 2.05) is 6.92 Å². The maximum Gasteiger partial charge on any atom is 0.215 e. The van der Waals surface area contributed by atoms with Crippen molar-refractivity contribution in [3.63, 3.8) is 0 Å². The van der Waals surface area contributed by atoms with Gasteiger partial charge in [0.15, 0.2) is 5.65 Å². The zero-order chi connectivity index (χ0) is 15.0. The highest BCUT2D eigenvalue weighted by Crippen LogP contribution is 2.27. The van der Waals surface area contributed by atoms with E-state index in [1.54, 1.807) is 19.1 Å². The Balaban J connectivity index is 2.15. The summed E-state index contributed by atoms with van der Waals surface area (Å²) in [6, 6.07) is 6.01. The van der Waals surface area contributed by atoms with Crippen molar-refractivity contribution in [2.24, 2.45) is 0 Å². The number of pyridine rings is 1. The lowest BCUT2D eigenvalue weighted by atomic mass is 10.1. The smallest absolute Gasteiger partial charge is 0.215 e. The first-order valence-electron chi connectivity index (χ1n) is 6.54. The summed E-state index contributed by atoms with van der Waals surface area (Å²) >= 11 is 0. The molecule has 0 fully saturated rings. The number of aryl methyl sites for hydroxylation is 1. The van der Waals surface area contributed by atoms with Crippen molar-refractivity contribution >= 4 is 11.2 Å². The van der Waals surface area contributed by atoms with Crippen molar-refractivity contribution < 1.29 is 13.5 Å². The number of nitrogens with zero attached hydrogens (tertiary/aromatic N) is 2. The summed E-state index contributed by atoms with van der Waals surface area (Å²) < 4.78 is 33.3. The van der Waals surface area contributed by atoms with E-state index in [9.17, 15) is 8.78 Å². The van der Waals surface area contributed by atoms with Gasteiger partial charge in [0.25, 0.3) is 0 Å². The van der Waals surface area contributed by atoms with Gasteiger partial charge in [0.1, 0.15) is 17.5 Å². The molecule has 0 spiro atoms. The zero-order valence-electron chi connectivity index (χ0n) is 11.6. The third kappa shape index (κ3) is 2.33. The van der Waals surface area contributed by atoms with Gasteiger partial charge in [0, 0.05) is 6.07 Å². The van der Waals surface area contributed by atoms with Crippen molar-refractivity contribution in [1.82, 2.24) is 15.0 Å². The molecule has 1 aromatic carbocycles. The van der Waals surface area contributed by atoms with Crippen molar-refractivity contribution in [1.29, 1.82) is 0 Å². The van der Waals surface area contributed by atoms with Crippen LogP contribution in [0.3, 0.4) is 0 Å². The summed E-state index contributed by atoms with van der Waals surface area (Å²) in [4.78, 5) is 11.2. The molecule has 3 aromatic rings. The van der Waals surface area contributed by atoms with E-state index in [0.717, 1.165) is 0 Å². The highest BCUT2D eigenvalue weighted by Gasteiger charge is 2.17. The van der Waals surface area contributed by atoms with E-state index in [2.05, 4.69) is 15.0 Å². The first-order chi connectivity index (χ1) is 10.1. The fourth-order valence-electron chi connectivity index (χ4n) is 2.10. The van der Waals surface area contributed by atoms with E-state index in [0.29, 0.717) is 29.2 Å². The highest BCUT2D eigenvalue weighted by atomic mass is 19.1. The summed E-state index contributed by atoms with van der Waals surface area (Å²) in [7, 11) is 0. The summed E-state index contributed by atoms with van der Waals surface area (Å²) in [5.74, 6) is -0.751. The first-order valence-corrected chi connectivity index (χ1v) is 6.54. The summed E-state index contributed by atoms with van der Waals surface area (Å²) in [6.45, 7) is 3.91. The Labute approximate surface area is 119 Å². The van der Waals surface area contributed by atoms with Gasteiger partial charge >= 0.3 is 0 Å². The first kappa shape index (κ1) is 13.5. The number of aromatic amines is 1. The molecule has 0 aliphatic heterocycles. The van der Waals surface area contributed by atoms with Crippen LogP contribution < -0.4 is 4.74 Å². The van der Waals surface area contributed by atoms with Crippen molar-refractivity contribution in [2.75, 3.05) is 6.61 Å².